The number of aryl methyl sites for hydroxylation is 2. The highest BCUT2D eigenvalue weighted by Crippen LogP contribution is 2.34. The fourth-order valence-corrected chi connectivity index (χ4v) is 4.15. The number of aromatic nitrogens is 1. The molecule has 2 aromatic rings. The molecule has 0 radical (unpaired) electrons. The molecule has 0 saturated heterocycles. The third-order valence-electron chi connectivity index (χ3n) is 3.57. The Hall–Kier alpha value is -0.870. The number of thiophene rings is 1. The standard InChI is InChI=1S/C15H17BrN2S/c1-10(18-12-6-4-8-17-15(12)16)14-9-11-5-2-3-7-13(11)19-14/h4,6,8-10,18H,2-3,5,7H2,1H3. The molecule has 1 N–H and O–H groups in total. The Bertz CT molecular complexity index is 556. The summed E-state index contributed by atoms with van der Waals surface area (Å²) >= 11 is 5.45. The number of rotatable bonds is 3. The van der Waals surface area contributed by atoms with Gasteiger partial charge in [0.2, 0.25) is 0 Å². The van der Waals surface area contributed by atoms with Crippen molar-refractivity contribution in [1.29, 1.82) is 0 Å². The van der Waals surface area contributed by atoms with Crippen molar-refractivity contribution in [1.82, 2.24) is 4.98 Å². The maximum atomic E-state index is 4.25. The summed E-state index contributed by atoms with van der Waals surface area (Å²) in [6.07, 6.45) is 7.02. The summed E-state index contributed by atoms with van der Waals surface area (Å²) in [5.41, 5.74) is 2.63. The van der Waals surface area contributed by atoms with E-state index in [-0.39, 0.29) is 0 Å². The van der Waals surface area contributed by atoms with Crippen molar-refractivity contribution in [2.24, 2.45) is 0 Å². The van der Waals surface area contributed by atoms with E-state index in [0.717, 1.165) is 10.3 Å². The monoisotopic (exact) mass is 336 g/mol. The first-order chi connectivity index (χ1) is 9.24. The molecular formula is C15H17BrN2S. The van der Waals surface area contributed by atoms with E-state index in [0.29, 0.717) is 6.04 Å². The Morgan fingerprint density at radius 3 is 3.00 bits per heavy atom. The average Bonchev–Trinajstić information content (AvgIpc) is 2.85. The van der Waals surface area contributed by atoms with Crippen LogP contribution in [0.15, 0.2) is 29.0 Å². The molecule has 0 amide bonds. The molecule has 0 saturated carbocycles. The highest BCUT2D eigenvalue weighted by Gasteiger charge is 2.17. The normalized spacial score (nSPS) is 15.9. The molecule has 3 rings (SSSR count). The van der Waals surface area contributed by atoms with Crippen LogP contribution in [0.2, 0.25) is 0 Å². The van der Waals surface area contributed by atoms with Gasteiger partial charge in [0.1, 0.15) is 4.60 Å². The van der Waals surface area contributed by atoms with Crippen LogP contribution in [0.4, 0.5) is 5.69 Å². The van der Waals surface area contributed by atoms with Gasteiger partial charge in [-0.25, -0.2) is 4.98 Å². The highest BCUT2D eigenvalue weighted by molar-refractivity contribution is 9.10. The smallest absolute Gasteiger partial charge is 0.129 e. The van der Waals surface area contributed by atoms with E-state index in [1.165, 1.54) is 30.6 Å². The summed E-state index contributed by atoms with van der Waals surface area (Å²) in [5.74, 6) is 0. The summed E-state index contributed by atoms with van der Waals surface area (Å²) < 4.78 is 0.878. The lowest BCUT2D eigenvalue weighted by Gasteiger charge is -2.14. The number of pyridine rings is 1. The van der Waals surface area contributed by atoms with Crippen LogP contribution < -0.4 is 5.32 Å². The van der Waals surface area contributed by atoms with Gasteiger partial charge in [0.15, 0.2) is 0 Å². The summed E-state index contributed by atoms with van der Waals surface area (Å²) in [7, 11) is 0. The molecule has 100 valence electrons. The lowest BCUT2D eigenvalue weighted by Crippen LogP contribution is -2.05. The predicted octanol–water partition coefficient (Wildman–Crippen LogP) is 4.96. The van der Waals surface area contributed by atoms with Crippen LogP contribution >= 0.6 is 27.3 Å². The van der Waals surface area contributed by atoms with Gasteiger partial charge >= 0.3 is 0 Å². The minimum atomic E-state index is 0.330. The second-order valence-electron chi connectivity index (χ2n) is 5.01. The van der Waals surface area contributed by atoms with E-state index in [1.54, 1.807) is 16.6 Å². The minimum Gasteiger partial charge on any atom is -0.376 e. The first kappa shape index (κ1) is 13.1. The molecular weight excluding hydrogens is 320 g/mol. The van der Waals surface area contributed by atoms with Crippen molar-refractivity contribution in [3.63, 3.8) is 0 Å². The van der Waals surface area contributed by atoms with Crippen LogP contribution in [-0.4, -0.2) is 4.98 Å². The molecule has 2 aromatic heterocycles. The summed E-state index contributed by atoms with van der Waals surface area (Å²) in [6, 6.07) is 6.73. The van der Waals surface area contributed by atoms with Crippen molar-refractivity contribution >= 4 is 33.0 Å². The maximum absolute atomic E-state index is 4.25. The second kappa shape index (κ2) is 5.63. The van der Waals surface area contributed by atoms with Gasteiger partial charge in [-0.1, -0.05) is 0 Å². The zero-order valence-corrected chi connectivity index (χ0v) is 13.4. The molecule has 0 spiro atoms. The maximum Gasteiger partial charge on any atom is 0.129 e. The van der Waals surface area contributed by atoms with Gasteiger partial charge in [0.25, 0.3) is 0 Å². The van der Waals surface area contributed by atoms with Crippen molar-refractivity contribution < 1.29 is 0 Å². The van der Waals surface area contributed by atoms with Gasteiger partial charge in [0.05, 0.1) is 11.7 Å². The number of nitrogens with zero attached hydrogens (tertiary/aromatic N) is 1. The van der Waals surface area contributed by atoms with Gasteiger partial charge in [-0.15, -0.1) is 11.3 Å². The Labute approximate surface area is 126 Å². The van der Waals surface area contributed by atoms with Crippen molar-refractivity contribution in [3.8, 4) is 0 Å². The molecule has 0 aromatic carbocycles. The van der Waals surface area contributed by atoms with Crippen molar-refractivity contribution in [2.45, 2.75) is 38.6 Å². The zero-order chi connectivity index (χ0) is 13.2. The molecule has 1 aliphatic rings. The molecule has 1 aliphatic carbocycles. The van der Waals surface area contributed by atoms with Crippen molar-refractivity contribution in [2.75, 3.05) is 5.32 Å². The third kappa shape index (κ3) is 2.84. The minimum absolute atomic E-state index is 0.330. The highest BCUT2D eigenvalue weighted by atomic mass is 79.9. The average molecular weight is 337 g/mol. The van der Waals surface area contributed by atoms with E-state index in [1.807, 2.05) is 17.4 Å². The molecule has 0 fully saturated rings. The lowest BCUT2D eigenvalue weighted by atomic mass is 9.99. The summed E-state index contributed by atoms with van der Waals surface area (Å²) in [4.78, 5) is 7.28. The van der Waals surface area contributed by atoms with Gasteiger partial charge in [-0.2, -0.15) is 0 Å². The van der Waals surface area contributed by atoms with Gasteiger partial charge in [0, 0.05) is 16.0 Å². The quantitative estimate of drug-likeness (QED) is 0.801. The van der Waals surface area contributed by atoms with Gasteiger partial charge in [-0.05, 0) is 72.3 Å². The van der Waals surface area contributed by atoms with E-state index >= 15 is 0 Å². The van der Waals surface area contributed by atoms with Crippen molar-refractivity contribution in [3.05, 3.63) is 44.3 Å². The van der Waals surface area contributed by atoms with E-state index in [4.69, 9.17) is 0 Å². The lowest BCUT2D eigenvalue weighted by molar-refractivity contribution is 0.696. The molecule has 19 heavy (non-hydrogen) atoms. The Morgan fingerprint density at radius 1 is 1.37 bits per heavy atom. The molecule has 0 bridgehead atoms. The van der Waals surface area contributed by atoms with E-state index in [2.05, 4.69) is 45.3 Å². The topological polar surface area (TPSA) is 24.9 Å². The fraction of sp³-hybridized carbons (Fsp3) is 0.400. The summed E-state index contributed by atoms with van der Waals surface area (Å²) in [6.45, 7) is 2.22. The SMILES string of the molecule is CC(Nc1cccnc1Br)c1cc2c(s1)CCCC2. The molecule has 2 nitrogen and oxygen atoms in total. The molecule has 2 heterocycles. The van der Waals surface area contributed by atoms with Crippen LogP contribution in [0.1, 0.15) is 41.1 Å². The number of nitrogens with one attached hydrogen (secondary N) is 1. The van der Waals surface area contributed by atoms with Crippen LogP contribution in [0.5, 0.6) is 0 Å². The second-order valence-corrected chi connectivity index (χ2v) is 6.93. The number of halogens is 1. The third-order valence-corrected chi connectivity index (χ3v) is 5.63. The number of anilines is 1. The first-order valence-corrected chi connectivity index (χ1v) is 8.33. The largest absolute Gasteiger partial charge is 0.376 e. The Morgan fingerprint density at radius 2 is 2.21 bits per heavy atom. The summed E-state index contributed by atoms with van der Waals surface area (Å²) in [5, 5.41) is 3.54. The molecule has 0 aliphatic heterocycles. The van der Waals surface area contributed by atoms with E-state index < -0.39 is 0 Å². The fourth-order valence-electron chi connectivity index (χ4n) is 2.53. The predicted molar refractivity (Wildman–Crippen MR) is 84.9 cm³/mol. The number of hydrogen-bond acceptors (Lipinski definition) is 3. The van der Waals surface area contributed by atoms with Crippen LogP contribution in [0.25, 0.3) is 0 Å². The number of fused-ring (bicyclic) bond motifs is 1. The Balaban J connectivity index is 1.79. The molecule has 1 atom stereocenters. The zero-order valence-electron chi connectivity index (χ0n) is 10.9. The molecule has 4 heteroatoms. The van der Waals surface area contributed by atoms with Crippen LogP contribution in [-0.2, 0) is 12.8 Å². The first-order valence-electron chi connectivity index (χ1n) is 6.72. The molecule has 1 unspecified atom stereocenters. The van der Waals surface area contributed by atoms with Gasteiger partial charge < -0.3 is 5.32 Å². The van der Waals surface area contributed by atoms with E-state index in [9.17, 15) is 0 Å². The number of hydrogen-bond donors (Lipinski definition) is 1. The Kier molecular flexibility index (Phi) is 3.89. The van der Waals surface area contributed by atoms with Gasteiger partial charge in [-0.3, -0.25) is 0 Å². The van der Waals surface area contributed by atoms with Crippen LogP contribution in [0.3, 0.4) is 0 Å². The van der Waals surface area contributed by atoms with Crippen LogP contribution in [0, 0.1) is 0 Å².